The zero-order valence-corrected chi connectivity index (χ0v) is 13.0. The van der Waals surface area contributed by atoms with Gasteiger partial charge in [-0.25, -0.2) is 0 Å². The largest absolute Gasteiger partial charge is 0.496 e. The molecule has 0 aliphatic heterocycles. The molecule has 116 valence electrons. The van der Waals surface area contributed by atoms with E-state index in [9.17, 15) is 4.79 Å². The number of para-hydroxylation sites is 2. The van der Waals surface area contributed by atoms with E-state index < -0.39 is 0 Å². The number of aromatic nitrogens is 1. The van der Waals surface area contributed by atoms with E-state index >= 15 is 0 Å². The molecule has 0 saturated carbocycles. The lowest BCUT2D eigenvalue weighted by atomic mass is 10.1. The van der Waals surface area contributed by atoms with Crippen molar-refractivity contribution in [2.75, 3.05) is 12.4 Å². The first-order chi connectivity index (χ1) is 11.3. The Bertz CT molecular complexity index is 825. The van der Waals surface area contributed by atoms with Gasteiger partial charge in [-0.15, -0.1) is 0 Å². The molecular formula is C19H18N2O2. The monoisotopic (exact) mass is 306 g/mol. The number of nitrogens with zero attached hydrogens (tertiary/aromatic N) is 1. The van der Waals surface area contributed by atoms with Gasteiger partial charge in [0.25, 0.3) is 0 Å². The lowest BCUT2D eigenvalue weighted by Crippen LogP contribution is -2.13. The van der Waals surface area contributed by atoms with Crippen molar-refractivity contribution >= 4 is 22.5 Å². The highest BCUT2D eigenvalue weighted by Crippen LogP contribution is 2.22. The summed E-state index contributed by atoms with van der Waals surface area (Å²) in [5, 5.41) is 3.96. The first-order valence-electron chi connectivity index (χ1n) is 7.53. The van der Waals surface area contributed by atoms with Crippen LogP contribution in [0.15, 0.2) is 60.8 Å². The minimum Gasteiger partial charge on any atom is -0.496 e. The van der Waals surface area contributed by atoms with E-state index in [1.807, 2.05) is 54.6 Å². The van der Waals surface area contributed by atoms with Gasteiger partial charge in [0.15, 0.2) is 0 Å². The van der Waals surface area contributed by atoms with E-state index in [0.717, 1.165) is 27.9 Å². The highest BCUT2D eigenvalue weighted by atomic mass is 16.5. The number of anilines is 1. The molecule has 0 atom stereocenters. The number of methoxy groups -OCH3 is 1. The summed E-state index contributed by atoms with van der Waals surface area (Å²) in [6.45, 7) is 0. The number of hydrogen-bond donors (Lipinski definition) is 1. The van der Waals surface area contributed by atoms with Gasteiger partial charge in [0.2, 0.25) is 5.91 Å². The summed E-state index contributed by atoms with van der Waals surface area (Å²) in [7, 11) is 1.64. The van der Waals surface area contributed by atoms with Gasteiger partial charge in [-0.3, -0.25) is 9.78 Å². The maximum Gasteiger partial charge on any atom is 0.224 e. The fraction of sp³-hybridized carbons (Fsp3) is 0.158. The number of ether oxygens (including phenoxy) is 1. The molecule has 0 bridgehead atoms. The summed E-state index contributed by atoms with van der Waals surface area (Å²) in [5.41, 5.74) is 2.58. The molecule has 3 aromatic rings. The van der Waals surface area contributed by atoms with Gasteiger partial charge in [0.1, 0.15) is 5.75 Å². The predicted octanol–water partition coefficient (Wildman–Crippen LogP) is 3.81. The lowest BCUT2D eigenvalue weighted by molar-refractivity contribution is -0.116. The second-order valence-corrected chi connectivity index (χ2v) is 5.24. The van der Waals surface area contributed by atoms with Crippen LogP contribution in [-0.2, 0) is 11.2 Å². The van der Waals surface area contributed by atoms with Gasteiger partial charge in [-0.2, -0.15) is 0 Å². The van der Waals surface area contributed by atoms with Crippen molar-refractivity contribution in [2.24, 2.45) is 0 Å². The molecule has 0 fully saturated rings. The minimum atomic E-state index is -0.0333. The van der Waals surface area contributed by atoms with Crippen molar-refractivity contribution in [1.82, 2.24) is 4.98 Å². The Balaban J connectivity index is 1.69. The molecule has 0 unspecified atom stereocenters. The molecule has 23 heavy (non-hydrogen) atoms. The summed E-state index contributed by atoms with van der Waals surface area (Å²) < 4.78 is 5.31. The van der Waals surface area contributed by atoms with Gasteiger partial charge in [0.05, 0.1) is 18.3 Å². The minimum absolute atomic E-state index is 0.0333. The quantitative estimate of drug-likeness (QED) is 0.779. The Hall–Kier alpha value is -2.88. The van der Waals surface area contributed by atoms with Gasteiger partial charge >= 0.3 is 0 Å². The number of amides is 1. The van der Waals surface area contributed by atoms with Crippen molar-refractivity contribution in [3.8, 4) is 5.75 Å². The average Bonchev–Trinajstić information content (AvgIpc) is 2.60. The van der Waals surface area contributed by atoms with E-state index in [2.05, 4.69) is 10.3 Å². The topological polar surface area (TPSA) is 51.2 Å². The third-order valence-corrected chi connectivity index (χ3v) is 3.72. The van der Waals surface area contributed by atoms with E-state index in [1.54, 1.807) is 13.3 Å². The van der Waals surface area contributed by atoms with Crippen LogP contribution in [0.25, 0.3) is 10.9 Å². The third kappa shape index (κ3) is 3.48. The second-order valence-electron chi connectivity index (χ2n) is 5.24. The van der Waals surface area contributed by atoms with Crippen LogP contribution in [0.1, 0.15) is 12.0 Å². The molecule has 0 radical (unpaired) electrons. The number of hydrogen-bond acceptors (Lipinski definition) is 3. The predicted molar refractivity (Wildman–Crippen MR) is 91.7 cm³/mol. The molecule has 0 saturated heterocycles. The van der Waals surface area contributed by atoms with Gasteiger partial charge in [-0.05, 0) is 30.2 Å². The van der Waals surface area contributed by atoms with Gasteiger partial charge < -0.3 is 10.1 Å². The molecule has 1 amide bonds. The van der Waals surface area contributed by atoms with Crippen LogP contribution in [0.3, 0.4) is 0 Å². The van der Waals surface area contributed by atoms with Crippen LogP contribution in [0.4, 0.5) is 5.69 Å². The third-order valence-electron chi connectivity index (χ3n) is 3.72. The van der Waals surface area contributed by atoms with Gasteiger partial charge in [-0.1, -0.05) is 36.4 Å². The summed E-state index contributed by atoms with van der Waals surface area (Å²) in [4.78, 5) is 16.6. The summed E-state index contributed by atoms with van der Waals surface area (Å²) >= 11 is 0. The van der Waals surface area contributed by atoms with Crippen LogP contribution in [0.2, 0.25) is 0 Å². The van der Waals surface area contributed by atoms with Crippen molar-refractivity contribution in [1.29, 1.82) is 0 Å². The maximum atomic E-state index is 12.2. The molecule has 0 aliphatic carbocycles. The summed E-state index contributed by atoms with van der Waals surface area (Å²) in [5.74, 6) is 0.779. The summed E-state index contributed by atoms with van der Waals surface area (Å²) in [6.07, 6.45) is 2.75. The van der Waals surface area contributed by atoms with Crippen LogP contribution >= 0.6 is 0 Å². The molecule has 4 heteroatoms. The Labute approximate surface area is 135 Å². The molecule has 0 aliphatic rings. The number of carbonyl (C=O) groups excluding carboxylic acids is 1. The molecule has 0 spiro atoms. The number of rotatable bonds is 5. The SMILES string of the molecule is COc1ccccc1CCC(=O)Nc1cccc2cccnc12. The fourth-order valence-electron chi connectivity index (χ4n) is 2.58. The van der Waals surface area contributed by atoms with Gasteiger partial charge in [0, 0.05) is 18.0 Å². The van der Waals surface area contributed by atoms with Crippen LogP contribution in [-0.4, -0.2) is 18.0 Å². The molecule has 1 N–H and O–H groups in total. The van der Waals surface area contributed by atoms with E-state index in [4.69, 9.17) is 4.74 Å². The Morgan fingerprint density at radius 1 is 1.09 bits per heavy atom. The number of aryl methyl sites for hydroxylation is 1. The van der Waals surface area contributed by atoms with Crippen molar-refractivity contribution in [3.63, 3.8) is 0 Å². The Morgan fingerprint density at radius 3 is 2.78 bits per heavy atom. The fourth-order valence-corrected chi connectivity index (χ4v) is 2.58. The normalized spacial score (nSPS) is 10.5. The number of carbonyl (C=O) groups is 1. The molecule has 3 rings (SSSR count). The highest BCUT2D eigenvalue weighted by molar-refractivity contribution is 6.00. The molecule has 2 aromatic carbocycles. The van der Waals surface area contributed by atoms with Crippen LogP contribution in [0.5, 0.6) is 5.75 Å². The number of benzene rings is 2. The average molecular weight is 306 g/mol. The lowest BCUT2D eigenvalue weighted by Gasteiger charge is -2.10. The summed E-state index contributed by atoms with van der Waals surface area (Å²) in [6, 6.07) is 17.4. The first-order valence-corrected chi connectivity index (χ1v) is 7.53. The zero-order valence-electron chi connectivity index (χ0n) is 13.0. The molecule has 1 heterocycles. The highest BCUT2D eigenvalue weighted by Gasteiger charge is 2.08. The van der Waals surface area contributed by atoms with E-state index in [-0.39, 0.29) is 5.91 Å². The van der Waals surface area contributed by atoms with E-state index in [1.165, 1.54) is 0 Å². The first kappa shape index (κ1) is 15.0. The molecular weight excluding hydrogens is 288 g/mol. The Kier molecular flexibility index (Phi) is 4.52. The van der Waals surface area contributed by atoms with Crippen LogP contribution in [0, 0.1) is 0 Å². The second kappa shape index (κ2) is 6.92. The maximum absolute atomic E-state index is 12.2. The van der Waals surface area contributed by atoms with Crippen LogP contribution < -0.4 is 10.1 Å². The number of fused-ring (bicyclic) bond motifs is 1. The van der Waals surface area contributed by atoms with Crippen molar-refractivity contribution in [3.05, 3.63) is 66.4 Å². The van der Waals surface area contributed by atoms with Crippen molar-refractivity contribution in [2.45, 2.75) is 12.8 Å². The number of pyridine rings is 1. The standard InChI is InChI=1S/C19H18N2O2/c1-23-17-10-3-2-6-14(17)11-12-18(22)21-16-9-4-7-15-8-5-13-20-19(15)16/h2-10,13H,11-12H2,1H3,(H,21,22). The molecule has 1 aromatic heterocycles. The number of nitrogens with one attached hydrogen (secondary N) is 1. The Morgan fingerprint density at radius 2 is 1.91 bits per heavy atom. The smallest absolute Gasteiger partial charge is 0.224 e. The molecule has 4 nitrogen and oxygen atoms in total. The van der Waals surface area contributed by atoms with E-state index in [0.29, 0.717) is 12.8 Å². The zero-order chi connectivity index (χ0) is 16.1. The van der Waals surface area contributed by atoms with Crippen molar-refractivity contribution < 1.29 is 9.53 Å².